The zero-order valence-corrected chi connectivity index (χ0v) is 9.76. The van der Waals surface area contributed by atoms with Crippen LogP contribution < -0.4 is 11.1 Å². The molecule has 1 fully saturated rings. The number of amides is 1. The van der Waals surface area contributed by atoms with Gasteiger partial charge in [-0.15, -0.1) is 0 Å². The summed E-state index contributed by atoms with van der Waals surface area (Å²) in [7, 11) is 0. The van der Waals surface area contributed by atoms with Gasteiger partial charge in [0.05, 0.1) is 12.6 Å². The number of alkyl halides is 3. The van der Waals surface area contributed by atoms with Gasteiger partial charge in [0.2, 0.25) is 5.91 Å². The van der Waals surface area contributed by atoms with Gasteiger partial charge in [-0.1, -0.05) is 0 Å². The highest BCUT2D eigenvalue weighted by Gasteiger charge is 2.35. The second kappa shape index (κ2) is 5.68. The molecule has 1 amide bonds. The quantitative estimate of drug-likeness (QED) is 0.723. The Hall–Kier alpha value is -0.820. The first-order valence-electron chi connectivity index (χ1n) is 5.64. The average molecular weight is 253 g/mol. The van der Waals surface area contributed by atoms with Gasteiger partial charge in [0, 0.05) is 19.1 Å². The van der Waals surface area contributed by atoms with Crippen molar-refractivity contribution in [2.24, 2.45) is 5.73 Å². The van der Waals surface area contributed by atoms with Crippen LogP contribution in [0.2, 0.25) is 0 Å². The Morgan fingerprint density at radius 3 is 2.53 bits per heavy atom. The molecule has 0 aromatic rings. The molecule has 0 bridgehead atoms. The van der Waals surface area contributed by atoms with Gasteiger partial charge in [-0.25, -0.2) is 0 Å². The van der Waals surface area contributed by atoms with Crippen molar-refractivity contribution < 1.29 is 18.0 Å². The van der Waals surface area contributed by atoms with E-state index in [-0.39, 0.29) is 25.0 Å². The second-order valence-electron chi connectivity index (χ2n) is 4.33. The van der Waals surface area contributed by atoms with E-state index in [0.717, 1.165) is 17.7 Å². The fraction of sp³-hybridized carbons (Fsp3) is 0.900. The van der Waals surface area contributed by atoms with Crippen molar-refractivity contribution >= 4 is 5.91 Å². The molecule has 0 saturated heterocycles. The minimum Gasteiger partial charge on any atom is -0.352 e. The number of halogens is 3. The van der Waals surface area contributed by atoms with Crippen molar-refractivity contribution in [3.8, 4) is 0 Å². The number of nitrogens with two attached hydrogens (primary N) is 1. The first-order chi connectivity index (χ1) is 7.83. The van der Waals surface area contributed by atoms with E-state index in [1.807, 2.05) is 0 Å². The molecule has 7 heteroatoms. The lowest BCUT2D eigenvalue weighted by Crippen LogP contribution is -2.50. The molecule has 1 saturated carbocycles. The molecule has 4 nitrogen and oxygen atoms in total. The topological polar surface area (TPSA) is 58.4 Å². The smallest absolute Gasteiger partial charge is 0.352 e. The third-order valence-electron chi connectivity index (χ3n) is 2.65. The molecule has 17 heavy (non-hydrogen) atoms. The van der Waals surface area contributed by atoms with E-state index in [9.17, 15) is 18.0 Å². The lowest BCUT2D eigenvalue weighted by Gasteiger charge is -2.28. The standard InChI is InChI=1S/C10H18F3N3O/c1-7(9(17)15-8-2-3-8)16(5-4-14)6-10(11,12)13/h7-8H,2-6,14H2,1H3,(H,15,17). The van der Waals surface area contributed by atoms with Crippen LogP contribution in [0.15, 0.2) is 0 Å². The monoisotopic (exact) mass is 253 g/mol. The highest BCUT2D eigenvalue weighted by Crippen LogP contribution is 2.20. The summed E-state index contributed by atoms with van der Waals surface area (Å²) >= 11 is 0. The van der Waals surface area contributed by atoms with E-state index in [0.29, 0.717) is 0 Å². The molecule has 1 aliphatic rings. The fourth-order valence-corrected chi connectivity index (χ4v) is 1.52. The zero-order chi connectivity index (χ0) is 13.1. The van der Waals surface area contributed by atoms with Crippen LogP contribution in [-0.4, -0.2) is 48.7 Å². The van der Waals surface area contributed by atoms with Crippen molar-refractivity contribution in [3.05, 3.63) is 0 Å². The number of rotatable bonds is 6. The van der Waals surface area contributed by atoms with E-state index < -0.39 is 18.8 Å². The van der Waals surface area contributed by atoms with E-state index in [2.05, 4.69) is 5.32 Å². The van der Waals surface area contributed by atoms with Crippen molar-refractivity contribution in [2.45, 2.75) is 38.0 Å². The summed E-state index contributed by atoms with van der Waals surface area (Å²) < 4.78 is 36.9. The van der Waals surface area contributed by atoms with Gasteiger partial charge in [-0.05, 0) is 19.8 Å². The van der Waals surface area contributed by atoms with E-state index >= 15 is 0 Å². The molecule has 1 rings (SSSR count). The van der Waals surface area contributed by atoms with Crippen LogP contribution in [0.25, 0.3) is 0 Å². The maximum Gasteiger partial charge on any atom is 0.401 e. The lowest BCUT2D eigenvalue weighted by atomic mass is 10.2. The SMILES string of the molecule is CC(C(=O)NC1CC1)N(CCN)CC(F)(F)F. The van der Waals surface area contributed by atoms with Crippen LogP contribution in [0.3, 0.4) is 0 Å². The molecule has 1 unspecified atom stereocenters. The van der Waals surface area contributed by atoms with Gasteiger partial charge >= 0.3 is 6.18 Å². The molecule has 0 radical (unpaired) electrons. The van der Waals surface area contributed by atoms with Gasteiger partial charge in [-0.3, -0.25) is 9.69 Å². The summed E-state index contributed by atoms with van der Waals surface area (Å²) in [6.07, 6.45) is -2.49. The number of carbonyl (C=O) groups excluding carboxylic acids is 1. The summed E-state index contributed by atoms with van der Waals surface area (Å²) in [6.45, 7) is 0.512. The maximum absolute atomic E-state index is 12.3. The normalized spacial score (nSPS) is 18.2. The molecule has 1 atom stereocenters. The highest BCUT2D eigenvalue weighted by molar-refractivity contribution is 5.81. The number of hydrogen-bond donors (Lipinski definition) is 2. The first kappa shape index (κ1) is 14.2. The minimum atomic E-state index is -4.32. The molecule has 100 valence electrons. The van der Waals surface area contributed by atoms with Crippen LogP contribution in [0.1, 0.15) is 19.8 Å². The van der Waals surface area contributed by atoms with Crippen LogP contribution in [0.5, 0.6) is 0 Å². The van der Waals surface area contributed by atoms with Crippen molar-refractivity contribution in [1.82, 2.24) is 10.2 Å². The van der Waals surface area contributed by atoms with Gasteiger partial charge < -0.3 is 11.1 Å². The van der Waals surface area contributed by atoms with Crippen LogP contribution >= 0.6 is 0 Å². The summed E-state index contributed by atoms with van der Waals surface area (Å²) in [4.78, 5) is 12.7. The third kappa shape index (κ3) is 5.36. The highest BCUT2D eigenvalue weighted by atomic mass is 19.4. The summed E-state index contributed by atoms with van der Waals surface area (Å²) in [5.41, 5.74) is 5.26. The molecular formula is C10H18F3N3O. The van der Waals surface area contributed by atoms with Gasteiger partial charge in [0.15, 0.2) is 0 Å². The maximum atomic E-state index is 12.3. The van der Waals surface area contributed by atoms with Gasteiger partial charge in [0.25, 0.3) is 0 Å². The van der Waals surface area contributed by atoms with Crippen molar-refractivity contribution in [3.63, 3.8) is 0 Å². The Labute approximate surface area is 98.3 Å². The summed E-state index contributed by atoms with van der Waals surface area (Å²) in [5.74, 6) is -0.356. The van der Waals surface area contributed by atoms with Crippen LogP contribution in [0, 0.1) is 0 Å². The zero-order valence-electron chi connectivity index (χ0n) is 9.76. The molecule has 3 N–H and O–H groups in total. The Kier molecular flexibility index (Phi) is 4.76. The molecule has 0 aromatic carbocycles. The predicted octanol–water partition coefficient (Wildman–Crippen LogP) is 0.476. The lowest BCUT2D eigenvalue weighted by molar-refractivity contribution is -0.154. The molecule has 0 aliphatic heterocycles. The Bertz CT molecular complexity index is 266. The summed E-state index contributed by atoms with van der Waals surface area (Å²) in [6, 6.07) is -0.656. The van der Waals surface area contributed by atoms with E-state index in [1.54, 1.807) is 0 Å². The van der Waals surface area contributed by atoms with E-state index in [1.165, 1.54) is 6.92 Å². The van der Waals surface area contributed by atoms with Crippen LogP contribution in [-0.2, 0) is 4.79 Å². The average Bonchev–Trinajstić information content (AvgIpc) is 2.97. The third-order valence-corrected chi connectivity index (χ3v) is 2.65. The molecule has 1 aliphatic carbocycles. The van der Waals surface area contributed by atoms with Crippen LogP contribution in [0.4, 0.5) is 13.2 Å². The number of carbonyl (C=O) groups is 1. The fourth-order valence-electron chi connectivity index (χ4n) is 1.52. The molecule has 0 heterocycles. The Morgan fingerprint density at radius 1 is 1.53 bits per heavy atom. The number of nitrogens with one attached hydrogen (secondary N) is 1. The Morgan fingerprint density at radius 2 is 2.12 bits per heavy atom. The predicted molar refractivity (Wildman–Crippen MR) is 57.3 cm³/mol. The number of nitrogens with zero attached hydrogens (tertiary/aromatic N) is 1. The Balaban J connectivity index is 2.51. The number of hydrogen-bond acceptors (Lipinski definition) is 3. The molecule has 0 spiro atoms. The van der Waals surface area contributed by atoms with Crippen molar-refractivity contribution in [2.75, 3.05) is 19.6 Å². The van der Waals surface area contributed by atoms with Crippen molar-refractivity contribution in [1.29, 1.82) is 0 Å². The largest absolute Gasteiger partial charge is 0.401 e. The molecule has 0 aromatic heterocycles. The van der Waals surface area contributed by atoms with E-state index in [4.69, 9.17) is 5.73 Å². The van der Waals surface area contributed by atoms with Gasteiger partial charge in [-0.2, -0.15) is 13.2 Å². The minimum absolute atomic E-state index is 0.0543. The summed E-state index contributed by atoms with van der Waals surface area (Å²) in [5, 5.41) is 2.69. The second-order valence-corrected chi connectivity index (χ2v) is 4.33. The first-order valence-corrected chi connectivity index (χ1v) is 5.64. The molecular weight excluding hydrogens is 235 g/mol. The van der Waals surface area contributed by atoms with Gasteiger partial charge in [0.1, 0.15) is 0 Å².